The van der Waals surface area contributed by atoms with Gasteiger partial charge < -0.3 is 14.8 Å². The number of nitrogens with one attached hydrogen (secondary N) is 1. The highest BCUT2D eigenvalue weighted by atomic mass is 16.5. The van der Waals surface area contributed by atoms with Gasteiger partial charge in [-0.25, -0.2) is 0 Å². The molecule has 0 spiro atoms. The van der Waals surface area contributed by atoms with Crippen LogP contribution in [-0.2, 0) is 4.79 Å². The smallest absolute Gasteiger partial charge is 0.262 e. The van der Waals surface area contributed by atoms with Crippen LogP contribution < -0.4 is 14.8 Å². The number of hydrogen-bond acceptors (Lipinski definition) is 5. The molecule has 6 heteroatoms. The Balaban J connectivity index is 3.03. The van der Waals surface area contributed by atoms with Crippen molar-refractivity contribution in [3.05, 3.63) is 29.3 Å². The van der Waals surface area contributed by atoms with E-state index in [1.807, 2.05) is 26.0 Å². The first-order valence-electron chi connectivity index (χ1n) is 7.16. The summed E-state index contributed by atoms with van der Waals surface area (Å²) in [5, 5.41) is 20.5. The molecule has 1 rings (SSSR count). The van der Waals surface area contributed by atoms with E-state index in [-0.39, 0.29) is 18.2 Å². The summed E-state index contributed by atoms with van der Waals surface area (Å²) >= 11 is 0. The lowest BCUT2D eigenvalue weighted by Gasteiger charge is -2.11. The fraction of sp³-hybridized carbons (Fsp3) is 0.353. The van der Waals surface area contributed by atoms with Crippen molar-refractivity contribution in [2.45, 2.75) is 26.3 Å². The molecule has 0 saturated heterocycles. The molecule has 0 aromatic heterocycles. The van der Waals surface area contributed by atoms with Gasteiger partial charge in [-0.05, 0) is 37.1 Å². The van der Waals surface area contributed by atoms with Crippen LogP contribution in [0.25, 0.3) is 6.08 Å². The maximum atomic E-state index is 12.0. The van der Waals surface area contributed by atoms with Crippen LogP contribution in [-0.4, -0.2) is 25.7 Å². The zero-order chi connectivity index (χ0) is 17.2. The minimum atomic E-state index is -0.411. The molecule has 1 N–H and O–H groups in total. The molecule has 1 aromatic rings. The molecule has 1 atom stereocenters. The van der Waals surface area contributed by atoms with Crippen LogP contribution in [0.15, 0.2) is 23.8 Å². The van der Waals surface area contributed by atoms with Gasteiger partial charge in [-0.2, -0.15) is 10.5 Å². The Labute approximate surface area is 135 Å². The Morgan fingerprint density at radius 2 is 2.13 bits per heavy atom. The van der Waals surface area contributed by atoms with Crippen molar-refractivity contribution in [3.63, 3.8) is 0 Å². The van der Waals surface area contributed by atoms with Crippen molar-refractivity contribution < 1.29 is 14.3 Å². The Bertz CT molecular complexity index is 669. The minimum absolute atomic E-state index is 0.00413. The van der Waals surface area contributed by atoms with Gasteiger partial charge in [0, 0.05) is 6.04 Å². The Morgan fingerprint density at radius 3 is 2.70 bits per heavy atom. The largest absolute Gasteiger partial charge is 0.493 e. The molecule has 0 heterocycles. The van der Waals surface area contributed by atoms with Gasteiger partial charge in [0.1, 0.15) is 17.7 Å². The molecule has 0 aliphatic rings. The van der Waals surface area contributed by atoms with E-state index in [9.17, 15) is 4.79 Å². The van der Waals surface area contributed by atoms with Crippen LogP contribution in [0.2, 0.25) is 0 Å². The zero-order valence-electron chi connectivity index (χ0n) is 13.4. The summed E-state index contributed by atoms with van der Waals surface area (Å²) in [6.45, 7) is 3.73. The second kappa shape index (κ2) is 9.11. The molecule has 0 fully saturated rings. The maximum Gasteiger partial charge on any atom is 0.262 e. The van der Waals surface area contributed by atoms with Gasteiger partial charge >= 0.3 is 0 Å². The second-order valence-electron chi connectivity index (χ2n) is 4.81. The number of carbonyl (C=O) groups excluding carboxylic acids is 1. The molecule has 0 aliphatic heterocycles. The first-order valence-corrected chi connectivity index (χ1v) is 7.16. The number of benzene rings is 1. The highest BCUT2D eigenvalue weighted by Gasteiger charge is 2.12. The highest BCUT2D eigenvalue weighted by molar-refractivity contribution is 6.01. The molecule has 6 nitrogen and oxygen atoms in total. The monoisotopic (exact) mass is 313 g/mol. The van der Waals surface area contributed by atoms with Crippen LogP contribution in [0.1, 0.15) is 25.8 Å². The van der Waals surface area contributed by atoms with Crippen molar-refractivity contribution >= 4 is 12.0 Å². The summed E-state index contributed by atoms with van der Waals surface area (Å²) in [6.07, 6.45) is 2.26. The normalized spacial score (nSPS) is 11.8. The summed E-state index contributed by atoms with van der Waals surface area (Å²) < 4.78 is 10.4. The van der Waals surface area contributed by atoms with E-state index >= 15 is 0 Å². The number of amides is 1. The van der Waals surface area contributed by atoms with Gasteiger partial charge in [-0.3, -0.25) is 4.79 Å². The van der Waals surface area contributed by atoms with Crippen molar-refractivity contribution in [3.8, 4) is 23.6 Å². The number of hydrogen-bond donors (Lipinski definition) is 1. The van der Waals surface area contributed by atoms with E-state index in [2.05, 4.69) is 5.32 Å². The van der Waals surface area contributed by atoms with Crippen molar-refractivity contribution in [1.29, 1.82) is 10.5 Å². The maximum absolute atomic E-state index is 12.0. The highest BCUT2D eigenvalue weighted by Crippen LogP contribution is 2.28. The molecule has 0 unspecified atom stereocenters. The molecule has 23 heavy (non-hydrogen) atoms. The first-order chi connectivity index (χ1) is 11.0. The summed E-state index contributed by atoms with van der Waals surface area (Å²) in [4.78, 5) is 12.0. The topological polar surface area (TPSA) is 95.1 Å². The molecular formula is C17H19N3O3. The van der Waals surface area contributed by atoms with Crippen LogP contribution in [0.5, 0.6) is 11.5 Å². The van der Waals surface area contributed by atoms with Crippen LogP contribution in [0, 0.1) is 22.7 Å². The van der Waals surface area contributed by atoms with Crippen molar-refractivity contribution in [1.82, 2.24) is 5.32 Å². The third-order valence-electron chi connectivity index (χ3n) is 3.15. The predicted molar refractivity (Wildman–Crippen MR) is 85.6 cm³/mol. The average Bonchev–Trinajstić information content (AvgIpc) is 2.57. The molecule has 120 valence electrons. The van der Waals surface area contributed by atoms with Crippen LogP contribution in [0.3, 0.4) is 0 Å². The number of methoxy groups -OCH3 is 1. The average molecular weight is 313 g/mol. The van der Waals surface area contributed by atoms with Gasteiger partial charge in [0.05, 0.1) is 7.11 Å². The van der Waals surface area contributed by atoms with Gasteiger partial charge in [0.15, 0.2) is 18.1 Å². The lowest BCUT2D eigenvalue weighted by Crippen LogP contribution is -2.32. The quantitative estimate of drug-likeness (QED) is 0.616. The Hall–Kier alpha value is -2.99. The summed E-state index contributed by atoms with van der Waals surface area (Å²) in [7, 11) is 1.48. The van der Waals surface area contributed by atoms with Crippen LogP contribution in [0.4, 0.5) is 0 Å². The SMILES string of the molecule is CC[C@@H](C)NC(=O)/C(C#N)=C/c1ccc(OCC#N)c(OC)c1. The van der Waals surface area contributed by atoms with Gasteiger partial charge in [-0.15, -0.1) is 0 Å². The summed E-state index contributed by atoms with van der Waals surface area (Å²) in [6, 6.07) is 8.72. The fourth-order valence-electron chi connectivity index (χ4n) is 1.72. The number of nitrogens with zero attached hydrogens (tertiary/aromatic N) is 2. The van der Waals surface area contributed by atoms with E-state index in [1.165, 1.54) is 13.2 Å². The molecule has 1 amide bonds. The van der Waals surface area contributed by atoms with Crippen LogP contribution >= 0.6 is 0 Å². The standard InChI is InChI=1S/C17H19N3O3/c1-4-12(2)20-17(21)14(11-19)9-13-5-6-15(23-8-7-18)16(10-13)22-3/h5-6,9-10,12H,4,8H2,1-3H3,(H,20,21)/b14-9+/t12-/m1/s1. The summed E-state index contributed by atoms with van der Waals surface area (Å²) in [5.74, 6) is 0.438. The van der Waals surface area contributed by atoms with E-state index < -0.39 is 5.91 Å². The molecule has 1 aromatic carbocycles. The number of ether oxygens (including phenoxy) is 2. The lowest BCUT2D eigenvalue weighted by atomic mass is 10.1. The van der Waals surface area contributed by atoms with Gasteiger partial charge in [0.25, 0.3) is 5.91 Å². The lowest BCUT2D eigenvalue weighted by molar-refractivity contribution is -0.117. The fourth-order valence-corrected chi connectivity index (χ4v) is 1.72. The third-order valence-corrected chi connectivity index (χ3v) is 3.15. The number of nitriles is 2. The van der Waals surface area contributed by atoms with Gasteiger partial charge in [-0.1, -0.05) is 13.0 Å². The van der Waals surface area contributed by atoms with Crippen molar-refractivity contribution in [2.24, 2.45) is 0 Å². The third kappa shape index (κ3) is 5.37. The van der Waals surface area contributed by atoms with E-state index in [1.54, 1.807) is 18.2 Å². The predicted octanol–water partition coefficient (Wildman–Crippen LogP) is 2.42. The molecule has 0 radical (unpaired) electrons. The summed E-state index contributed by atoms with van der Waals surface area (Å²) in [5.41, 5.74) is 0.639. The number of carbonyl (C=O) groups is 1. The molecule has 0 aliphatic carbocycles. The van der Waals surface area contributed by atoms with Crippen molar-refractivity contribution in [2.75, 3.05) is 13.7 Å². The number of rotatable bonds is 7. The molecule has 0 saturated carbocycles. The molecular weight excluding hydrogens is 294 g/mol. The Morgan fingerprint density at radius 1 is 1.39 bits per heavy atom. The van der Waals surface area contributed by atoms with E-state index in [0.29, 0.717) is 17.1 Å². The molecule has 0 bridgehead atoms. The zero-order valence-corrected chi connectivity index (χ0v) is 13.4. The van der Waals surface area contributed by atoms with E-state index in [4.69, 9.17) is 20.0 Å². The Kier molecular flexibility index (Phi) is 7.16. The minimum Gasteiger partial charge on any atom is -0.493 e. The second-order valence-corrected chi connectivity index (χ2v) is 4.81. The van der Waals surface area contributed by atoms with E-state index in [0.717, 1.165) is 6.42 Å². The van der Waals surface area contributed by atoms with Gasteiger partial charge in [0.2, 0.25) is 0 Å². The first kappa shape index (κ1) is 18.1.